The monoisotopic (exact) mass is 504 g/mol. The molecule has 190 valence electrons. The summed E-state index contributed by atoms with van der Waals surface area (Å²) in [5.41, 5.74) is 1.64. The van der Waals surface area contributed by atoms with E-state index in [2.05, 4.69) is 20.6 Å². The topological polar surface area (TPSA) is 139 Å². The van der Waals surface area contributed by atoms with Gasteiger partial charge in [-0.25, -0.2) is 4.98 Å². The first-order valence-electron chi connectivity index (χ1n) is 11.3. The highest BCUT2D eigenvalue weighted by Gasteiger charge is 2.25. The van der Waals surface area contributed by atoms with E-state index in [0.29, 0.717) is 34.7 Å². The molecule has 1 aromatic carbocycles. The van der Waals surface area contributed by atoms with Crippen molar-refractivity contribution in [3.63, 3.8) is 0 Å². The number of aromatic nitrogens is 2. The van der Waals surface area contributed by atoms with Gasteiger partial charge in [-0.15, -0.1) is 11.3 Å². The Balaban J connectivity index is 0.00000241. The minimum absolute atomic E-state index is 0. The molecule has 0 fully saturated rings. The van der Waals surface area contributed by atoms with Crippen molar-refractivity contribution in [2.75, 3.05) is 18.5 Å². The fourth-order valence-corrected chi connectivity index (χ4v) is 5.23. The normalized spacial score (nSPS) is 13.5. The van der Waals surface area contributed by atoms with Crippen LogP contribution in [-0.4, -0.2) is 41.0 Å². The molecule has 1 atom stereocenters. The molecule has 2 aromatic heterocycles. The number of carbonyl (C=O) groups is 3. The molecular weight excluding hydrogens is 472 g/mol. The maximum atomic E-state index is 13.0. The summed E-state index contributed by atoms with van der Waals surface area (Å²) in [6, 6.07) is 5.22. The number of aromatic amines is 1. The van der Waals surface area contributed by atoms with Crippen molar-refractivity contribution in [3.8, 4) is 5.75 Å². The van der Waals surface area contributed by atoms with Gasteiger partial charge in [0, 0.05) is 15.7 Å². The average molecular weight is 505 g/mol. The zero-order valence-electron chi connectivity index (χ0n) is 19.6. The van der Waals surface area contributed by atoms with Gasteiger partial charge in [0.2, 0.25) is 5.82 Å². The average Bonchev–Trinajstić information content (AvgIpc) is 3.17. The minimum Gasteiger partial charge on any atom is -0.482 e. The van der Waals surface area contributed by atoms with Crippen LogP contribution in [0.1, 0.15) is 63.5 Å². The molecule has 1 unspecified atom stereocenters. The molecule has 11 heteroatoms. The number of fused-ring (bicyclic) bond motifs is 2. The summed E-state index contributed by atoms with van der Waals surface area (Å²) < 4.78 is 10.4. The molecule has 0 radical (unpaired) electrons. The van der Waals surface area contributed by atoms with E-state index in [9.17, 15) is 19.2 Å². The summed E-state index contributed by atoms with van der Waals surface area (Å²) in [7, 11) is 0. The second kappa shape index (κ2) is 10.3. The first-order chi connectivity index (χ1) is 16.8. The van der Waals surface area contributed by atoms with Crippen LogP contribution in [0.5, 0.6) is 5.75 Å². The van der Waals surface area contributed by atoms with Gasteiger partial charge in [0.15, 0.2) is 6.61 Å². The first-order valence-corrected chi connectivity index (χ1v) is 12.1. The molecule has 4 rings (SSSR count). The van der Waals surface area contributed by atoms with Gasteiger partial charge in [-0.1, -0.05) is 13.0 Å². The molecule has 0 spiro atoms. The SMILES string of the molecule is CCOC(=O)CC(CC)c1c(C)sc2nc(C(=O)NCc3ccc4c(c3)NC(=O)CO4)[nH]c(=O)c12.[HH].[HH].[HH]. The molecule has 0 bridgehead atoms. The molecule has 3 N–H and O–H groups in total. The van der Waals surface area contributed by atoms with Crippen LogP contribution >= 0.6 is 11.3 Å². The number of benzene rings is 1. The maximum Gasteiger partial charge on any atom is 0.306 e. The number of carbonyl (C=O) groups excluding carboxylic acids is 3. The van der Waals surface area contributed by atoms with Crippen LogP contribution in [0.3, 0.4) is 0 Å². The molecule has 35 heavy (non-hydrogen) atoms. The lowest BCUT2D eigenvalue weighted by Crippen LogP contribution is -2.28. The highest BCUT2D eigenvalue weighted by atomic mass is 32.1. The van der Waals surface area contributed by atoms with E-state index in [4.69, 9.17) is 9.47 Å². The Morgan fingerprint density at radius 2 is 2.11 bits per heavy atom. The maximum absolute atomic E-state index is 13.0. The number of rotatable bonds is 8. The summed E-state index contributed by atoms with van der Waals surface area (Å²) in [5, 5.41) is 5.87. The number of nitrogens with zero attached hydrogens (tertiary/aromatic N) is 1. The van der Waals surface area contributed by atoms with Gasteiger partial charge in [0.25, 0.3) is 17.4 Å². The molecular formula is C24H32N4O6S. The van der Waals surface area contributed by atoms with E-state index in [0.717, 1.165) is 16.0 Å². The third-order valence-corrected chi connectivity index (χ3v) is 6.76. The predicted molar refractivity (Wildman–Crippen MR) is 137 cm³/mol. The highest BCUT2D eigenvalue weighted by Crippen LogP contribution is 2.36. The summed E-state index contributed by atoms with van der Waals surface area (Å²) in [5.74, 6) is -0.803. The molecule has 10 nitrogen and oxygen atoms in total. The zero-order chi connectivity index (χ0) is 25.1. The number of amides is 2. The Labute approximate surface area is 209 Å². The fraction of sp³-hybridized carbons (Fsp3) is 0.375. The van der Waals surface area contributed by atoms with E-state index in [-0.39, 0.29) is 47.5 Å². The number of H-pyrrole nitrogens is 1. The number of ether oxygens (including phenoxy) is 2. The van der Waals surface area contributed by atoms with Crippen LogP contribution in [0.4, 0.5) is 5.69 Å². The molecule has 0 saturated heterocycles. The summed E-state index contributed by atoms with van der Waals surface area (Å²) >= 11 is 1.32. The minimum atomic E-state index is -0.534. The number of hydrogen-bond acceptors (Lipinski definition) is 8. The molecule has 3 aromatic rings. The predicted octanol–water partition coefficient (Wildman–Crippen LogP) is 3.74. The van der Waals surface area contributed by atoms with Crippen LogP contribution in [0.25, 0.3) is 10.2 Å². The van der Waals surface area contributed by atoms with Crippen LogP contribution in [0, 0.1) is 6.92 Å². The molecule has 3 heterocycles. The lowest BCUT2D eigenvalue weighted by Gasteiger charge is -2.18. The quantitative estimate of drug-likeness (QED) is 0.397. The second-order valence-corrected chi connectivity index (χ2v) is 9.33. The van der Waals surface area contributed by atoms with Gasteiger partial charge in [0.1, 0.15) is 10.6 Å². The van der Waals surface area contributed by atoms with E-state index < -0.39 is 11.5 Å². The van der Waals surface area contributed by atoms with Gasteiger partial charge in [-0.3, -0.25) is 19.2 Å². The van der Waals surface area contributed by atoms with Gasteiger partial charge >= 0.3 is 5.97 Å². The lowest BCUT2D eigenvalue weighted by molar-refractivity contribution is -0.143. The summed E-state index contributed by atoms with van der Waals surface area (Å²) in [6.07, 6.45) is 0.824. The largest absolute Gasteiger partial charge is 0.482 e. The Bertz CT molecular complexity index is 1380. The Morgan fingerprint density at radius 3 is 2.86 bits per heavy atom. The van der Waals surface area contributed by atoms with Gasteiger partial charge < -0.3 is 25.1 Å². The van der Waals surface area contributed by atoms with E-state index >= 15 is 0 Å². The summed E-state index contributed by atoms with van der Waals surface area (Å²) in [6.45, 7) is 6.02. The van der Waals surface area contributed by atoms with Crippen LogP contribution in [-0.2, 0) is 20.9 Å². The lowest BCUT2D eigenvalue weighted by atomic mass is 9.92. The van der Waals surface area contributed by atoms with E-state index in [1.165, 1.54) is 11.3 Å². The Morgan fingerprint density at radius 1 is 1.31 bits per heavy atom. The van der Waals surface area contributed by atoms with Crippen molar-refractivity contribution in [3.05, 3.63) is 50.4 Å². The van der Waals surface area contributed by atoms with Crippen molar-refractivity contribution < 1.29 is 28.1 Å². The highest BCUT2D eigenvalue weighted by molar-refractivity contribution is 7.18. The van der Waals surface area contributed by atoms with Crippen molar-refractivity contribution in [1.29, 1.82) is 0 Å². The first kappa shape index (κ1) is 24.4. The van der Waals surface area contributed by atoms with E-state index in [1.54, 1.807) is 25.1 Å². The molecule has 2 amide bonds. The zero-order valence-corrected chi connectivity index (χ0v) is 20.5. The van der Waals surface area contributed by atoms with Crippen LogP contribution in [0.2, 0.25) is 0 Å². The van der Waals surface area contributed by atoms with Gasteiger partial charge in [-0.2, -0.15) is 0 Å². The van der Waals surface area contributed by atoms with E-state index in [1.807, 2.05) is 13.8 Å². The Hall–Kier alpha value is -3.73. The number of aryl methyl sites for hydroxylation is 1. The van der Waals surface area contributed by atoms with Gasteiger partial charge in [0.05, 0.1) is 24.1 Å². The van der Waals surface area contributed by atoms with Crippen molar-refractivity contribution in [2.45, 2.75) is 46.1 Å². The van der Waals surface area contributed by atoms with Crippen molar-refractivity contribution in [2.24, 2.45) is 0 Å². The molecule has 1 aliphatic heterocycles. The van der Waals surface area contributed by atoms with Gasteiger partial charge in [-0.05, 0) is 49.4 Å². The third kappa shape index (κ3) is 5.19. The Kier molecular flexibility index (Phi) is 7.15. The third-order valence-electron chi connectivity index (χ3n) is 5.75. The number of nitrogens with one attached hydrogen (secondary N) is 3. The van der Waals surface area contributed by atoms with Crippen molar-refractivity contribution in [1.82, 2.24) is 15.3 Å². The summed E-state index contributed by atoms with van der Waals surface area (Å²) in [4.78, 5) is 57.7. The van der Waals surface area contributed by atoms with Crippen LogP contribution < -0.4 is 20.9 Å². The number of anilines is 1. The van der Waals surface area contributed by atoms with Crippen LogP contribution in [0.15, 0.2) is 23.0 Å². The number of hydrogen-bond donors (Lipinski definition) is 3. The standard InChI is InChI=1S/C24H26N4O6S.3H2/c1-4-14(9-18(30)33-5-2)19-12(3)35-24-20(19)22(31)27-21(28-24)23(32)25-10-13-6-7-16-15(8-13)26-17(29)11-34-16;;;/h6-8,14H,4-5,9-11H2,1-3H3,(H,25,32)(H,26,29)(H,27,28,31);3*1H. The second-order valence-electron chi connectivity index (χ2n) is 8.13. The smallest absolute Gasteiger partial charge is 0.306 e. The molecule has 0 saturated carbocycles. The van der Waals surface area contributed by atoms with Crippen molar-refractivity contribution >= 4 is 45.0 Å². The number of thiophene rings is 1. The fourth-order valence-electron chi connectivity index (χ4n) is 4.12. The molecule has 0 aliphatic carbocycles. The number of esters is 1. The molecule has 1 aliphatic rings.